The molecule has 1 aromatic heterocycles. The van der Waals surface area contributed by atoms with E-state index in [9.17, 15) is 19.7 Å². The molecular weight excluding hydrogens is 464 g/mol. The fourth-order valence-electron chi connectivity index (χ4n) is 4.06. The van der Waals surface area contributed by atoms with Crippen LogP contribution in [0.4, 0.5) is 17.3 Å². The van der Waals surface area contributed by atoms with Crippen LogP contribution in [0.2, 0.25) is 0 Å². The molecule has 2 aromatic carbocycles. The maximum atomic E-state index is 13.6. The number of anilines is 2. The summed E-state index contributed by atoms with van der Waals surface area (Å²) in [5, 5.41) is 21.8. The third kappa shape index (κ3) is 4.81. The van der Waals surface area contributed by atoms with Crippen LogP contribution < -0.4 is 10.6 Å². The van der Waals surface area contributed by atoms with Crippen LogP contribution in [-0.2, 0) is 9.53 Å². The minimum Gasteiger partial charge on any atom is -0.457 e. The standard InChI is InChI=1S/C25H26N6O5/c1-13(2)36-24(33)22-28-25-26-16(5)20(23(32)27-19-10-9-14(3)11-15(19)4)21(30(25)29-22)17-7-6-8-18(12-17)31(34)35/h6-13,21H,1-5H3,(H,27,32)(H,26,28,29)/t21-/m1/s1. The number of fused-ring (bicyclic) bond motifs is 1. The summed E-state index contributed by atoms with van der Waals surface area (Å²) < 4.78 is 6.60. The van der Waals surface area contributed by atoms with Crippen LogP contribution in [0.1, 0.15) is 54.1 Å². The third-order valence-electron chi connectivity index (χ3n) is 5.65. The number of carbonyl (C=O) groups is 2. The average Bonchev–Trinajstić information content (AvgIpc) is 3.23. The Kier molecular flexibility index (Phi) is 6.56. The van der Waals surface area contributed by atoms with Gasteiger partial charge in [0.1, 0.15) is 6.04 Å². The Balaban J connectivity index is 1.81. The summed E-state index contributed by atoms with van der Waals surface area (Å²) in [4.78, 5) is 41.3. The smallest absolute Gasteiger partial charge is 0.378 e. The number of rotatable bonds is 6. The Hall–Kier alpha value is -4.54. The maximum absolute atomic E-state index is 13.6. The molecule has 3 aromatic rings. The molecule has 0 fully saturated rings. The van der Waals surface area contributed by atoms with Crippen molar-refractivity contribution in [3.63, 3.8) is 0 Å². The number of carbonyl (C=O) groups excluding carboxylic acids is 2. The van der Waals surface area contributed by atoms with Crippen molar-refractivity contribution in [1.29, 1.82) is 0 Å². The lowest BCUT2D eigenvalue weighted by Crippen LogP contribution is -2.31. The predicted molar refractivity (Wildman–Crippen MR) is 133 cm³/mol. The van der Waals surface area contributed by atoms with E-state index < -0.39 is 22.8 Å². The molecule has 0 unspecified atom stereocenters. The molecule has 0 spiro atoms. The molecule has 36 heavy (non-hydrogen) atoms. The second-order valence-electron chi connectivity index (χ2n) is 8.85. The molecule has 186 valence electrons. The molecule has 2 heterocycles. The first kappa shape index (κ1) is 24.6. The van der Waals surface area contributed by atoms with Crippen molar-refractivity contribution >= 4 is 29.2 Å². The van der Waals surface area contributed by atoms with Crippen LogP contribution in [-0.4, -0.2) is 37.7 Å². The summed E-state index contributed by atoms with van der Waals surface area (Å²) in [6.07, 6.45) is -0.377. The molecule has 1 aliphatic heterocycles. The van der Waals surface area contributed by atoms with Crippen LogP contribution in [0.3, 0.4) is 0 Å². The van der Waals surface area contributed by atoms with Gasteiger partial charge in [-0.3, -0.25) is 14.9 Å². The second kappa shape index (κ2) is 9.61. The molecule has 1 aliphatic rings. The lowest BCUT2D eigenvalue weighted by molar-refractivity contribution is -0.384. The number of allylic oxidation sites excluding steroid dienone is 1. The van der Waals surface area contributed by atoms with E-state index in [-0.39, 0.29) is 29.1 Å². The molecule has 1 atom stereocenters. The SMILES string of the molecule is CC1=C(C(=O)Nc2ccc(C)cc2C)[C@@H](c2cccc([N+](=O)[O-])c2)n2nc(C(=O)OC(C)C)nc2N1. The fraction of sp³-hybridized carbons (Fsp3) is 0.280. The highest BCUT2D eigenvalue weighted by molar-refractivity contribution is 6.06. The zero-order chi connectivity index (χ0) is 26.1. The van der Waals surface area contributed by atoms with Gasteiger partial charge in [0.2, 0.25) is 5.95 Å². The monoisotopic (exact) mass is 490 g/mol. The number of ether oxygens (including phenoxy) is 1. The van der Waals surface area contributed by atoms with Crippen molar-refractivity contribution in [1.82, 2.24) is 14.8 Å². The largest absolute Gasteiger partial charge is 0.457 e. The van der Waals surface area contributed by atoms with E-state index in [2.05, 4.69) is 20.7 Å². The fourth-order valence-corrected chi connectivity index (χ4v) is 4.06. The molecule has 0 saturated heterocycles. The third-order valence-corrected chi connectivity index (χ3v) is 5.65. The Morgan fingerprint density at radius 1 is 1.17 bits per heavy atom. The first-order valence-electron chi connectivity index (χ1n) is 11.3. The highest BCUT2D eigenvalue weighted by Gasteiger charge is 2.36. The van der Waals surface area contributed by atoms with Crippen LogP contribution in [0, 0.1) is 24.0 Å². The van der Waals surface area contributed by atoms with Gasteiger partial charge < -0.3 is 15.4 Å². The molecule has 11 nitrogen and oxygen atoms in total. The van der Waals surface area contributed by atoms with Crippen molar-refractivity contribution in [2.45, 2.75) is 46.8 Å². The van der Waals surface area contributed by atoms with E-state index in [0.29, 0.717) is 16.9 Å². The van der Waals surface area contributed by atoms with Gasteiger partial charge in [0.15, 0.2) is 0 Å². The van der Waals surface area contributed by atoms with Crippen LogP contribution in [0.5, 0.6) is 0 Å². The highest BCUT2D eigenvalue weighted by atomic mass is 16.6. The Bertz CT molecular complexity index is 1410. The van der Waals surface area contributed by atoms with Crippen molar-refractivity contribution < 1.29 is 19.2 Å². The zero-order valence-electron chi connectivity index (χ0n) is 20.5. The molecule has 1 amide bonds. The molecule has 2 N–H and O–H groups in total. The van der Waals surface area contributed by atoms with E-state index in [1.807, 2.05) is 32.0 Å². The van der Waals surface area contributed by atoms with Crippen LogP contribution in [0.25, 0.3) is 0 Å². The number of nitrogens with zero attached hydrogens (tertiary/aromatic N) is 4. The number of aromatic nitrogens is 3. The predicted octanol–water partition coefficient (Wildman–Crippen LogP) is 4.30. The van der Waals surface area contributed by atoms with Gasteiger partial charge in [0.25, 0.3) is 17.4 Å². The van der Waals surface area contributed by atoms with E-state index in [1.54, 1.807) is 26.8 Å². The Morgan fingerprint density at radius 3 is 2.58 bits per heavy atom. The number of non-ortho nitro benzene ring substituents is 1. The summed E-state index contributed by atoms with van der Waals surface area (Å²) >= 11 is 0. The van der Waals surface area contributed by atoms with Gasteiger partial charge in [-0.2, -0.15) is 4.98 Å². The lowest BCUT2D eigenvalue weighted by atomic mass is 9.94. The van der Waals surface area contributed by atoms with Gasteiger partial charge in [-0.25, -0.2) is 9.48 Å². The number of amides is 1. The molecule has 4 rings (SSSR count). The summed E-state index contributed by atoms with van der Waals surface area (Å²) in [5.41, 5.74) is 3.62. The van der Waals surface area contributed by atoms with Gasteiger partial charge in [0.05, 0.1) is 16.6 Å². The van der Waals surface area contributed by atoms with E-state index in [4.69, 9.17) is 4.74 Å². The average molecular weight is 491 g/mol. The summed E-state index contributed by atoms with van der Waals surface area (Å²) in [6.45, 7) is 8.97. The number of hydrogen-bond acceptors (Lipinski definition) is 8. The lowest BCUT2D eigenvalue weighted by Gasteiger charge is -2.28. The first-order valence-corrected chi connectivity index (χ1v) is 11.3. The van der Waals surface area contributed by atoms with Gasteiger partial charge in [0, 0.05) is 23.5 Å². The Labute approximate surface area is 207 Å². The number of benzene rings is 2. The van der Waals surface area contributed by atoms with Gasteiger partial charge in [-0.05, 0) is 51.8 Å². The normalized spacial score (nSPS) is 14.8. The van der Waals surface area contributed by atoms with Crippen LogP contribution >= 0.6 is 0 Å². The van der Waals surface area contributed by atoms with Crippen LogP contribution in [0.15, 0.2) is 53.7 Å². The number of aryl methyl sites for hydroxylation is 2. The van der Waals surface area contributed by atoms with E-state index in [0.717, 1.165) is 11.1 Å². The topological polar surface area (TPSA) is 141 Å². The molecule has 0 bridgehead atoms. The second-order valence-corrected chi connectivity index (χ2v) is 8.85. The summed E-state index contributed by atoms with van der Waals surface area (Å²) in [7, 11) is 0. The zero-order valence-corrected chi connectivity index (χ0v) is 20.5. The number of hydrogen-bond donors (Lipinski definition) is 2. The molecule has 0 aliphatic carbocycles. The number of nitro benzene ring substituents is 1. The maximum Gasteiger partial charge on any atom is 0.378 e. The highest BCUT2D eigenvalue weighted by Crippen LogP contribution is 2.37. The van der Waals surface area contributed by atoms with Crippen molar-refractivity contribution in [3.05, 3.63) is 86.4 Å². The molecule has 0 radical (unpaired) electrons. The molecule has 0 saturated carbocycles. The minimum absolute atomic E-state index is 0.140. The quantitative estimate of drug-likeness (QED) is 0.296. The summed E-state index contributed by atoms with van der Waals surface area (Å²) in [5.74, 6) is -1.12. The van der Waals surface area contributed by atoms with Crippen molar-refractivity contribution in [2.75, 3.05) is 10.6 Å². The van der Waals surface area contributed by atoms with Gasteiger partial charge >= 0.3 is 5.97 Å². The number of nitro groups is 1. The van der Waals surface area contributed by atoms with Gasteiger partial charge in [-0.15, -0.1) is 5.10 Å². The van der Waals surface area contributed by atoms with E-state index >= 15 is 0 Å². The number of esters is 1. The molecular formula is C25H26N6O5. The number of nitrogens with one attached hydrogen (secondary N) is 2. The van der Waals surface area contributed by atoms with Crippen molar-refractivity contribution in [3.8, 4) is 0 Å². The minimum atomic E-state index is -0.889. The summed E-state index contributed by atoms with van der Waals surface area (Å²) in [6, 6.07) is 10.7. The molecule has 11 heteroatoms. The van der Waals surface area contributed by atoms with Crippen molar-refractivity contribution in [2.24, 2.45) is 0 Å². The Morgan fingerprint density at radius 2 is 1.92 bits per heavy atom. The first-order chi connectivity index (χ1) is 17.0. The van der Waals surface area contributed by atoms with Gasteiger partial charge in [-0.1, -0.05) is 29.8 Å². The van der Waals surface area contributed by atoms with E-state index in [1.165, 1.54) is 22.9 Å².